The number of phenolic OH excluding ortho intramolecular Hbond substituents is 1. The Labute approximate surface area is 148 Å². The maximum Gasteiger partial charge on any atom is 0.119 e. The van der Waals surface area contributed by atoms with E-state index in [-0.39, 0.29) is 6.04 Å². The molecule has 128 valence electrons. The second-order valence-corrected chi connectivity index (χ2v) is 5.99. The van der Waals surface area contributed by atoms with Crippen LogP contribution in [0.25, 0.3) is 0 Å². The smallest absolute Gasteiger partial charge is 0.119 e. The summed E-state index contributed by atoms with van der Waals surface area (Å²) in [6, 6.07) is 19.5. The number of ether oxygens (including phenoxy) is 1. The third-order valence-corrected chi connectivity index (χ3v) is 4.03. The van der Waals surface area contributed by atoms with Crippen LogP contribution in [0.5, 0.6) is 11.5 Å². The Morgan fingerprint density at radius 1 is 1.04 bits per heavy atom. The van der Waals surface area contributed by atoms with E-state index in [4.69, 9.17) is 4.74 Å². The highest BCUT2D eigenvalue weighted by Gasteiger charge is 2.06. The standard InChI is InChI=1S/C21H22N2O2/c1-16(23-14-17-4-2-6-20(24)12-17)19-7-9-21(10-8-19)25-15-18-5-3-11-22-13-18/h2-13,16,23-24H,14-15H2,1H3. The molecule has 4 heteroatoms. The van der Waals surface area contributed by atoms with Crippen LogP contribution in [0.3, 0.4) is 0 Å². The maximum absolute atomic E-state index is 9.51. The van der Waals surface area contributed by atoms with Gasteiger partial charge >= 0.3 is 0 Å². The Balaban J connectivity index is 1.52. The predicted octanol–water partition coefficient (Wildman–Crippen LogP) is 4.22. The van der Waals surface area contributed by atoms with E-state index >= 15 is 0 Å². The molecule has 25 heavy (non-hydrogen) atoms. The van der Waals surface area contributed by atoms with Gasteiger partial charge in [-0.3, -0.25) is 4.98 Å². The van der Waals surface area contributed by atoms with E-state index in [9.17, 15) is 5.11 Å². The average Bonchev–Trinajstić information content (AvgIpc) is 2.66. The van der Waals surface area contributed by atoms with E-state index in [1.54, 1.807) is 18.3 Å². The third-order valence-electron chi connectivity index (χ3n) is 4.03. The second kappa shape index (κ2) is 8.31. The highest BCUT2D eigenvalue weighted by molar-refractivity contribution is 5.30. The van der Waals surface area contributed by atoms with Crippen LogP contribution in [0.15, 0.2) is 73.1 Å². The van der Waals surface area contributed by atoms with Crippen molar-refractivity contribution in [2.45, 2.75) is 26.1 Å². The van der Waals surface area contributed by atoms with Crippen LogP contribution in [0.2, 0.25) is 0 Å². The minimum atomic E-state index is 0.203. The monoisotopic (exact) mass is 334 g/mol. The molecular weight excluding hydrogens is 312 g/mol. The molecule has 0 saturated carbocycles. The number of phenols is 1. The molecule has 1 atom stereocenters. The molecule has 4 nitrogen and oxygen atoms in total. The first-order valence-corrected chi connectivity index (χ1v) is 8.33. The summed E-state index contributed by atoms with van der Waals surface area (Å²) in [6.45, 7) is 3.33. The highest BCUT2D eigenvalue weighted by atomic mass is 16.5. The Morgan fingerprint density at radius 2 is 1.84 bits per heavy atom. The molecule has 2 aromatic carbocycles. The summed E-state index contributed by atoms with van der Waals surface area (Å²) >= 11 is 0. The van der Waals surface area contributed by atoms with Crippen molar-refractivity contribution in [2.75, 3.05) is 0 Å². The van der Waals surface area contributed by atoms with E-state index in [1.807, 2.05) is 42.6 Å². The third kappa shape index (κ3) is 5.06. The lowest BCUT2D eigenvalue weighted by Gasteiger charge is -2.15. The van der Waals surface area contributed by atoms with Crippen LogP contribution >= 0.6 is 0 Å². The van der Waals surface area contributed by atoms with Crippen LogP contribution in [0.4, 0.5) is 0 Å². The largest absolute Gasteiger partial charge is 0.508 e. The van der Waals surface area contributed by atoms with E-state index in [1.165, 1.54) is 5.56 Å². The maximum atomic E-state index is 9.51. The van der Waals surface area contributed by atoms with Gasteiger partial charge in [-0.2, -0.15) is 0 Å². The first kappa shape index (κ1) is 17.0. The van der Waals surface area contributed by atoms with Crippen LogP contribution < -0.4 is 10.1 Å². The molecule has 0 amide bonds. The van der Waals surface area contributed by atoms with Crippen LogP contribution in [0.1, 0.15) is 29.7 Å². The van der Waals surface area contributed by atoms with Crippen LogP contribution in [-0.4, -0.2) is 10.1 Å². The van der Waals surface area contributed by atoms with Crippen LogP contribution in [0, 0.1) is 0 Å². The number of benzene rings is 2. The summed E-state index contributed by atoms with van der Waals surface area (Å²) in [7, 11) is 0. The second-order valence-electron chi connectivity index (χ2n) is 5.99. The molecule has 0 radical (unpaired) electrons. The van der Waals surface area contributed by atoms with Gasteiger partial charge in [0.1, 0.15) is 18.1 Å². The van der Waals surface area contributed by atoms with Gasteiger partial charge in [0.25, 0.3) is 0 Å². The fourth-order valence-electron chi connectivity index (χ4n) is 2.56. The number of hydrogen-bond acceptors (Lipinski definition) is 4. The molecule has 0 saturated heterocycles. The molecule has 0 aliphatic rings. The summed E-state index contributed by atoms with van der Waals surface area (Å²) in [5, 5.41) is 13.0. The fraction of sp³-hybridized carbons (Fsp3) is 0.190. The lowest BCUT2D eigenvalue weighted by atomic mass is 10.1. The topological polar surface area (TPSA) is 54.4 Å². The molecule has 1 unspecified atom stereocenters. The fourth-order valence-corrected chi connectivity index (χ4v) is 2.56. The Bertz CT molecular complexity index is 789. The molecular formula is C21H22N2O2. The molecule has 1 heterocycles. The summed E-state index contributed by atoms with van der Waals surface area (Å²) in [6.07, 6.45) is 3.56. The molecule has 0 fully saturated rings. The Hall–Kier alpha value is -2.85. The van der Waals surface area contributed by atoms with Crippen molar-refractivity contribution < 1.29 is 9.84 Å². The van der Waals surface area contributed by atoms with Crippen molar-refractivity contribution in [3.63, 3.8) is 0 Å². The van der Waals surface area contributed by atoms with Crippen molar-refractivity contribution in [1.29, 1.82) is 0 Å². The van der Waals surface area contributed by atoms with E-state index in [0.29, 0.717) is 18.9 Å². The number of hydrogen-bond donors (Lipinski definition) is 2. The molecule has 0 bridgehead atoms. The summed E-state index contributed by atoms with van der Waals surface area (Å²) in [4.78, 5) is 4.08. The molecule has 1 aromatic heterocycles. The SMILES string of the molecule is CC(NCc1cccc(O)c1)c1ccc(OCc2cccnc2)cc1. The summed E-state index contributed by atoms with van der Waals surface area (Å²) < 4.78 is 5.78. The summed E-state index contributed by atoms with van der Waals surface area (Å²) in [5.41, 5.74) is 3.30. The normalized spacial score (nSPS) is 11.9. The first-order valence-electron chi connectivity index (χ1n) is 8.33. The van der Waals surface area contributed by atoms with Crippen molar-refractivity contribution in [2.24, 2.45) is 0 Å². The van der Waals surface area contributed by atoms with Gasteiger partial charge in [0.2, 0.25) is 0 Å². The first-order chi connectivity index (χ1) is 12.2. The molecule has 3 rings (SSSR count). The lowest BCUT2D eigenvalue weighted by Crippen LogP contribution is -2.17. The van der Waals surface area contributed by atoms with Crippen molar-refractivity contribution in [3.05, 3.63) is 89.7 Å². The molecule has 0 spiro atoms. The molecule has 0 aliphatic heterocycles. The van der Waals surface area contributed by atoms with Gasteiger partial charge in [0.05, 0.1) is 0 Å². The molecule has 2 N–H and O–H groups in total. The number of aromatic hydroxyl groups is 1. The van der Waals surface area contributed by atoms with Gasteiger partial charge in [-0.15, -0.1) is 0 Å². The number of nitrogens with zero attached hydrogens (tertiary/aromatic N) is 1. The Morgan fingerprint density at radius 3 is 2.56 bits per heavy atom. The van der Waals surface area contributed by atoms with Gasteiger partial charge in [0, 0.05) is 30.5 Å². The Kier molecular flexibility index (Phi) is 5.65. The number of aromatic nitrogens is 1. The zero-order chi connectivity index (χ0) is 17.5. The highest BCUT2D eigenvalue weighted by Crippen LogP contribution is 2.19. The average molecular weight is 334 g/mol. The minimum absolute atomic E-state index is 0.203. The van der Waals surface area contributed by atoms with E-state index in [2.05, 4.69) is 29.4 Å². The van der Waals surface area contributed by atoms with Gasteiger partial charge in [0.15, 0.2) is 0 Å². The lowest BCUT2D eigenvalue weighted by molar-refractivity contribution is 0.305. The zero-order valence-corrected chi connectivity index (χ0v) is 14.2. The summed E-state index contributed by atoms with van der Waals surface area (Å²) in [5.74, 6) is 1.13. The van der Waals surface area contributed by atoms with Crippen molar-refractivity contribution >= 4 is 0 Å². The van der Waals surface area contributed by atoms with Crippen molar-refractivity contribution in [3.8, 4) is 11.5 Å². The van der Waals surface area contributed by atoms with Crippen molar-refractivity contribution in [1.82, 2.24) is 10.3 Å². The van der Waals surface area contributed by atoms with Gasteiger partial charge in [-0.25, -0.2) is 0 Å². The quantitative estimate of drug-likeness (QED) is 0.679. The van der Waals surface area contributed by atoms with Gasteiger partial charge in [-0.1, -0.05) is 30.3 Å². The predicted molar refractivity (Wildman–Crippen MR) is 98.4 cm³/mol. The molecule has 3 aromatic rings. The van der Waals surface area contributed by atoms with Crippen LogP contribution in [-0.2, 0) is 13.2 Å². The number of nitrogens with one attached hydrogen (secondary N) is 1. The zero-order valence-electron chi connectivity index (χ0n) is 14.2. The number of pyridine rings is 1. The minimum Gasteiger partial charge on any atom is -0.508 e. The van der Waals surface area contributed by atoms with E-state index < -0.39 is 0 Å². The van der Waals surface area contributed by atoms with Gasteiger partial charge in [-0.05, 0) is 48.4 Å². The van der Waals surface area contributed by atoms with E-state index in [0.717, 1.165) is 16.9 Å². The van der Waals surface area contributed by atoms with Gasteiger partial charge < -0.3 is 15.2 Å². The number of rotatable bonds is 7. The molecule has 0 aliphatic carbocycles.